The fraction of sp³-hybridized carbons (Fsp3) is 0.214. The van der Waals surface area contributed by atoms with Crippen molar-refractivity contribution >= 4 is 23.2 Å². The van der Waals surface area contributed by atoms with Crippen LogP contribution >= 0.6 is 23.2 Å². The van der Waals surface area contributed by atoms with Crippen molar-refractivity contribution in [3.8, 4) is 0 Å². The minimum absolute atomic E-state index is 0.259. The van der Waals surface area contributed by atoms with Gasteiger partial charge >= 0.3 is 0 Å². The monoisotopic (exact) mass is 298 g/mol. The Kier molecular flexibility index (Phi) is 4.75. The van der Waals surface area contributed by atoms with Crippen molar-refractivity contribution in [2.75, 3.05) is 6.54 Å². The van der Waals surface area contributed by atoms with E-state index in [1.54, 1.807) is 12.1 Å². The Balaban J connectivity index is 2.45. The Labute approximate surface area is 121 Å². The van der Waals surface area contributed by atoms with Crippen LogP contribution in [0.5, 0.6) is 0 Å². The number of hydrogen-bond donors (Lipinski definition) is 1. The zero-order valence-electron chi connectivity index (χ0n) is 10.3. The summed E-state index contributed by atoms with van der Waals surface area (Å²) in [7, 11) is 0. The van der Waals surface area contributed by atoms with Gasteiger partial charge in [-0.2, -0.15) is 0 Å². The highest BCUT2D eigenvalue weighted by Crippen LogP contribution is 2.28. The summed E-state index contributed by atoms with van der Waals surface area (Å²) in [5.74, 6) is -0.287. The first kappa shape index (κ1) is 14.3. The lowest BCUT2D eigenvalue weighted by atomic mass is 10.0. The van der Waals surface area contributed by atoms with Crippen LogP contribution < -0.4 is 5.32 Å². The van der Waals surface area contributed by atoms with E-state index >= 15 is 0 Å². The predicted molar refractivity (Wildman–Crippen MR) is 76.2 cm³/mol. The molecular formula is C14H13Cl2FN2. The van der Waals surface area contributed by atoms with Crippen LogP contribution in [0.15, 0.2) is 36.5 Å². The van der Waals surface area contributed by atoms with Crippen LogP contribution in [0.3, 0.4) is 0 Å². The maximum absolute atomic E-state index is 13.3. The summed E-state index contributed by atoms with van der Waals surface area (Å²) in [4.78, 5) is 4.25. The third-order valence-electron chi connectivity index (χ3n) is 2.70. The molecule has 0 aliphatic rings. The van der Waals surface area contributed by atoms with E-state index in [-0.39, 0.29) is 11.9 Å². The molecule has 0 saturated heterocycles. The standard InChI is InChI=1S/C14H13Cl2FN2/c1-2-18-13(9-4-3-5-11(17)6-9)14-12(16)7-10(15)8-19-14/h3-8,13,18H,2H2,1H3. The highest BCUT2D eigenvalue weighted by atomic mass is 35.5. The number of nitrogens with one attached hydrogen (secondary N) is 1. The first-order chi connectivity index (χ1) is 9.11. The summed E-state index contributed by atoms with van der Waals surface area (Å²) in [5.41, 5.74) is 1.41. The lowest BCUT2D eigenvalue weighted by Crippen LogP contribution is -2.23. The maximum atomic E-state index is 13.3. The van der Waals surface area contributed by atoms with Crippen molar-refractivity contribution in [1.82, 2.24) is 10.3 Å². The SMILES string of the molecule is CCNC(c1cccc(F)c1)c1ncc(Cl)cc1Cl. The van der Waals surface area contributed by atoms with E-state index in [9.17, 15) is 4.39 Å². The molecule has 0 aliphatic heterocycles. The van der Waals surface area contributed by atoms with Crippen LogP contribution in [0.2, 0.25) is 10.0 Å². The van der Waals surface area contributed by atoms with Crippen molar-refractivity contribution in [1.29, 1.82) is 0 Å². The summed E-state index contributed by atoms with van der Waals surface area (Å²) < 4.78 is 13.3. The molecule has 1 aromatic heterocycles. The molecule has 2 nitrogen and oxygen atoms in total. The number of benzene rings is 1. The number of nitrogens with zero attached hydrogens (tertiary/aromatic N) is 1. The molecule has 1 unspecified atom stereocenters. The number of aromatic nitrogens is 1. The van der Waals surface area contributed by atoms with Gasteiger partial charge in [0, 0.05) is 6.20 Å². The van der Waals surface area contributed by atoms with Gasteiger partial charge in [-0.3, -0.25) is 4.98 Å². The Hall–Kier alpha value is -1.16. The third kappa shape index (κ3) is 3.44. The zero-order chi connectivity index (χ0) is 13.8. The summed E-state index contributed by atoms with van der Waals surface area (Å²) >= 11 is 12.0. The molecule has 1 N–H and O–H groups in total. The van der Waals surface area contributed by atoms with E-state index in [0.29, 0.717) is 22.3 Å². The molecule has 5 heteroatoms. The molecule has 100 valence electrons. The Bertz CT molecular complexity index is 575. The van der Waals surface area contributed by atoms with Gasteiger partial charge in [-0.1, -0.05) is 42.3 Å². The molecule has 0 saturated carbocycles. The van der Waals surface area contributed by atoms with Crippen molar-refractivity contribution in [2.45, 2.75) is 13.0 Å². The van der Waals surface area contributed by atoms with Crippen LogP contribution in [-0.2, 0) is 0 Å². The van der Waals surface area contributed by atoms with Crippen LogP contribution in [-0.4, -0.2) is 11.5 Å². The molecule has 0 bridgehead atoms. The second-order valence-electron chi connectivity index (χ2n) is 4.07. The largest absolute Gasteiger partial charge is 0.305 e. The second-order valence-corrected chi connectivity index (χ2v) is 4.91. The minimum Gasteiger partial charge on any atom is -0.305 e. The first-order valence-electron chi connectivity index (χ1n) is 5.91. The number of pyridine rings is 1. The fourth-order valence-electron chi connectivity index (χ4n) is 1.90. The van der Waals surface area contributed by atoms with Gasteiger partial charge in [0.1, 0.15) is 5.82 Å². The molecular weight excluding hydrogens is 286 g/mol. The first-order valence-corrected chi connectivity index (χ1v) is 6.67. The van der Waals surface area contributed by atoms with E-state index in [0.717, 1.165) is 5.56 Å². The Morgan fingerprint density at radius 2 is 2.11 bits per heavy atom. The van der Waals surface area contributed by atoms with E-state index in [4.69, 9.17) is 23.2 Å². The smallest absolute Gasteiger partial charge is 0.123 e. The lowest BCUT2D eigenvalue weighted by molar-refractivity contribution is 0.595. The predicted octanol–water partition coefficient (Wildman–Crippen LogP) is 4.23. The minimum atomic E-state index is -0.287. The van der Waals surface area contributed by atoms with E-state index < -0.39 is 0 Å². The van der Waals surface area contributed by atoms with Gasteiger partial charge in [-0.15, -0.1) is 0 Å². The fourth-order valence-corrected chi connectivity index (χ4v) is 2.39. The number of rotatable bonds is 4. The molecule has 19 heavy (non-hydrogen) atoms. The summed E-state index contributed by atoms with van der Waals surface area (Å²) in [6, 6.07) is 7.76. The average molecular weight is 299 g/mol. The van der Waals surface area contributed by atoms with Gasteiger partial charge < -0.3 is 5.32 Å². The van der Waals surface area contributed by atoms with Gasteiger partial charge in [-0.05, 0) is 30.3 Å². The number of hydrogen-bond acceptors (Lipinski definition) is 2. The molecule has 1 aromatic carbocycles. The molecule has 2 aromatic rings. The Morgan fingerprint density at radius 1 is 1.32 bits per heavy atom. The van der Waals surface area contributed by atoms with Gasteiger partial charge in [0.25, 0.3) is 0 Å². The summed E-state index contributed by atoms with van der Waals surface area (Å²) in [6.45, 7) is 2.68. The van der Waals surface area contributed by atoms with Gasteiger partial charge in [-0.25, -0.2) is 4.39 Å². The number of halogens is 3. The van der Waals surface area contributed by atoms with E-state index in [2.05, 4.69) is 10.3 Å². The van der Waals surface area contributed by atoms with Crippen molar-refractivity contribution < 1.29 is 4.39 Å². The Morgan fingerprint density at radius 3 is 2.74 bits per heavy atom. The highest BCUT2D eigenvalue weighted by Gasteiger charge is 2.18. The van der Waals surface area contributed by atoms with Crippen LogP contribution in [0, 0.1) is 5.82 Å². The van der Waals surface area contributed by atoms with Gasteiger partial charge in [0.2, 0.25) is 0 Å². The quantitative estimate of drug-likeness (QED) is 0.914. The molecule has 2 rings (SSSR count). The van der Waals surface area contributed by atoms with Crippen LogP contribution in [0.1, 0.15) is 24.2 Å². The highest BCUT2D eigenvalue weighted by molar-refractivity contribution is 6.34. The lowest BCUT2D eigenvalue weighted by Gasteiger charge is -2.19. The third-order valence-corrected chi connectivity index (χ3v) is 3.21. The zero-order valence-corrected chi connectivity index (χ0v) is 11.8. The van der Waals surface area contributed by atoms with Crippen LogP contribution in [0.4, 0.5) is 4.39 Å². The van der Waals surface area contributed by atoms with Crippen molar-refractivity contribution in [3.63, 3.8) is 0 Å². The second kappa shape index (κ2) is 6.33. The molecule has 1 atom stereocenters. The molecule has 0 aliphatic carbocycles. The summed E-state index contributed by atoms with van der Waals surface area (Å²) in [6.07, 6.45) is 1.53. The normalized spacial score (nSPS) is 12.4. The molecule has 0 amide bonds. The molecule has 1 heterocycles. The molecule has 0 fully saturated rings. The van der Waals surface area contributed by atoms with Crippen molar-refractivity contribution in [2.24, 2.45) is 0 Å². The topological polar surface area (TPSA) is 24.9 Å². The van der Waals surface area contributed by atoms with E-state index in [1.807, 2.05) is 13.0 Å². The average Bonchev–Trinajstić information content (AvgIpc) is 2.37. The molecule has 0 radical (unpaired) electrons. The maximum Gasteiger partial charge on any atom is 0.123 e. The van der Waals surface area contributed by atoms with Gasteiger partial charge in [0.05, 0.1) is 21.8 Å². The van der Waals surface area contributed by atoms with Gasteiger partial charge in [0.15, 0.2) is 0 Å². The van der Waals surface area contributed by atoms with Crippen molar-refractivity contribution in [3.05, 3.63) is 63.6 Å². The summed E-state index contributed by atoms with van der Waals surface area (Å²) in [5, 5.41) is 4.18. The van der Waals surface area contributed by atoms with Crippen LogP contribution in [0.25, 0.3) is 0 Å². The van der Waals surface area contributed by atoms with E-state index in [1.165, 1.54) is 18.3 Å². The molecule has 0 spiro atoms.